The minimum absolute atomic E-state index is 0.0245. The van der Waals surface area contributed by atoms with Gasteiger partial charge >= 0.3 is 18.0 Å². The Bertz CT molecular complexity index is 1080. The fourth-order valence-electron chi connectivity index (χ4n) is 4.00. The van der Waals surface area contributed by atoms with E-state index >= 15 is 0 Å². The van der Waals surface area contributed by atoms with Crippen molar-refractivity contribution in [2.45, 2.75) is 55.3 Å². The van der Waals surface area contributed by atoms with E-state index in [2.05, 4.69) is 11.9 Å². The van der Waals surface area contributed by atoms with Crippen LogP contribution in [0.5, 0.6) is 11.5 Å². The molecule has 0 saturated carbocycles. The lowest BCUT2D eigenvalue weighted by molar-refractivity contribution is -0.144. The first-order valence-electron chi connectivity index (χ1n) is 13.0. The summed E-state index contributed by atoms with van der Waals surface area (Å²) in [7, 11) is 1.43. The fraction of sp³-hybridized carbons (Fsp3) is 0.556. The predicted octanol–water partition coefficient (Wildman–Crippen LogP) is 5.45. The van der Waals surface area contributed by atoms with Crippen molar-refractivity contribution in [2.75, 3.05) is 45.4 Å². The van der Waals surface area contributed by atoms with Gasteiger partial charge in [-0.3, -0.25) is 19.7 Å². The Morgan fingerprint density at radius 1 is 1.10 bits per heavy atom. The molecule has 2 rings (SSSR count). The standard InChI is InChI=1S/C27H35Cl3N2O9/c1-4-12-39-26(36)31-21-15-23(38-13-7-5-6-10-24(34)41-17-27(28,29)30)22(37-3)14-20(21)25(35)32-11-8-9-19(32)16-40-18(2)33/h4,14-15,19H,1,5-13,16-17H2,2-3H3,(H,31,36). The van der Waals surface area contributed by atoms with Gasteiger partial charge in [0.2, 0.25) is 3.79 Å². The SMILES string of the molecule is C=CCOC(=O)Nc1cc(OCCCCCC(=O)OCC(Cl)(Cl)Cl)c(OC)cc1C(=O)N1CCCC1COC(C)=O. The second-order valence-corrected chi connectivity index (χ2v) is 11.6. The molecule has 0 aromatic heterocycles. The zero-order valence-corrected chi connectivity index (χ0v) is 25.3. The maximum absolute atomic E-state index is 13.6. The topological polar surface area (TPSA) is 130 Å². The van der Waals surface area contributed by atoms with Gasteiger partial charge < -0.3 is 28.6 Å². The summed E-state index contributed by atoms with van der Waals surface area (Å²) < 4.78 is 24.8. The number of alkyl halides is 3. The normalized spacial score (nSPS) is 14.7. The van der Waals surface area contributed by atoms with Crippen LogP contribution in [0.3, 0.4) is 0 Å². The highest BCUT2D eigenvalue weighted by Crippen LogP contribution is 2.36. The van der Waals surface area contributed by atoms with Crippen molar-refractivity contribution in [1.82, 2.24) is 4.90 Å². The molecule has 41 heavy (non-hydrogen) atoms. The van der Waals surface area contributed by atoms with Crippen LogP contribution >= 0.6 is 34.8 Å². The molecular weight excluding hydrogens is 603 g/mol. The first kappa shape index (κ1) is 34.3. The number of anilines is 1. The lowest BCUT2D eigenvalue weighted by Crippen LogP contribution is -2.39. The smallest absolute Gasteiger partial charge is 0.411 e. The summed E-state index contributed by atoms with van der Waals surface area (Å²) in [6, 6.07) is 2.68. The number of esters is 2. The molecule has 1 aromatic rings. The number of methoxy groups -OCH3 is 1. The number of carbonyl (C=O) groups is 4. The van der Waals surface area contributed by atoms with Crippen molar-refractivity contribution < 1.29 is 42.9 Å². The van der Waals surface area contributed by atoms with Crippen LogP contribution in [0.15, 0.2) is 24.8 Å². The first-order chi connectivity index (χ1) is 19.4. The molecule has 1 aromatic carbocycles. The lowest BCUT2D eigenvalue weighted by atomic mass is 10.1. The van der Waals surface area contributed by atoms with E-state index in [4.69, 9.17) is 58.5 Å². The Morgan fingerprint density at radius 2 is 1.85 bits per heavy atom. The number of nitrogens with one attached hydrogen (secondary N) is 1. The van der Waals surface area contributed by atoms with Crippen LogP contribution in [-0.2, 0) is 23.8 Å². The van der Waals surface area contributed by atoms with E-state index in [1.165, 1.54) is 32.2 Å². The highest BCUT2D eigenvalue weighted by atomic mass is 35.6. The molecular formula is C27H35Cl3N2O9. The third-order valence-electron chi connectivity index (χ3n) is 5.90. The van der Waals surface area contributed by atoms with Gasteiger partial charge in [0.1, 0.15) is 19.8 Å². The van der Waals surface area contributed by atoms with Crippen LogP contribution in [0.1, 0.15) is 55.8 Å². The van der Waals surface area contributed by atoms with E-state index in [0.717, 1.165) is 6.42 Å². The number of rotatable bonds is 15. The molecule has 1 aliphatic heterocycles. The van der Waals surface area contributed by atoms with Gasteiger partial charge in [-0.25, -0.2) is 4.79 Å². The minimum atomic E-state index is -1.65. The summed E-state index contributed by atoms with van der Waals surface area (Å²) in [5.41, 5.74) is 0.322. The second-order valence-electron chi connectivity index (χ2n) is 9.09. The number of halogens is 3. The van der Waals surface area contributed by atoms with Crippen molar-refractivity contribution in [3.05, 3.63) is 30.4 Å². The highest BCUT2D eigenvalue weighted by molar-refractivity contribution is 6.67. The number of hydrogen-bond acceptors (Lipinski definition) is 9. The molecule has 1 atom stereocenters. The predicted molar refractivity (Wildman–Crippen MR) is 154 cm³/mol. The van der Waals surface area contributed by atoms with Crippen LogP contribution in [0.4, 0.5) is 10.5 Å². The van der Waals surface area contributed by atoms with Crippen molar-refractivity contribution in [3.8, 4) is 11.5 Å². The molecule has 1 heterocycles. The molecule has 1 N–H and O–H groups in total. The molecule has 0 bridgehead atoms. The Labute approximate surface area is 254 Å². The molecule has 0 radical (unpaired) electrons. The number of unbranched alkanes of at least 4 members (excludes halogenated alkanes) is 2. The van der Waals surface area contributed by atoms with E-state index in [0.29, 0.717) is 38.0 Å². The number of nitrogens with zero attached hydrogens (tertiary/aromatic N) is 1. The van der Waals surface area contributed by atoms with Gasteiger partial charge in [-0.1, -0.05) is 47.5 Å². The molecule has 1 saturated heterocycles. The van der Waals surface area contributed by atoms with Crippen molar-refractivity contribution >= 4 is 64.4 Å². The van der Waals surface area contributed by atoms with Gasteiger partial charge in [-0.2, -0.15) is 0 Å². The van der Waals surface area contributed by atoms with Crippen LogP contribution in [0, 0.1) is 0 Å². The third kappa shape index (κ3) is 12.2. The Hall–Kier alpha value is -2.89. The number of ether oxygens (including phenoxy) is 5. The first-order valence-corrected chi connectivity index (χ1v) is 14.1. The number of likely N-dealkylation sites (tertiary alicyclic amines) is 1. The Balaban J connectivity index is 2.11. The summed E-state index contributed by atoms with van der Waals surface area (Å²) in [5, 5.41) is 2.60. The maximum Gasteiger partial charge on any atom is 0.411 e. The lowest BCUT2D eigenvalue weighted by Gasteiger charge is -2.26. The number of amides is 2. The van der Waals surface area contributed by atoms with E-state index in [1.54, 1.807) is 4.90 Å². The zero-order valence-electron chi connectivity index (χ0n) is 23.1. The summed E-state index contributed by atoms with van der Waals surface area (Å²) in [5.74, 6) is -0.691. The maximum atomic E-state index is 13.6. The Morgan fingerprint density at radius 3 is 2.51 bits per heavy atom. The molecule has 1 unspecified atom stereocenters. The molecule has 0 spiro atoms. The fourth-order valence-corrected chi connectivity index (χ4v) is 4.17. The van der Waals surface area contributed by atoms with Gasteiger partial charge in [0.25, 0.3) is 5.91 Å². The van der Waals surface area contributed by atoms with Crippen LogP contribution in [0.25, 0.3) is 0 Å². The van der Waals surface area contributed by atoms with Gasteiger partial charge in [0.05, 0.1) is 31.0 Å². The Kier molecular flexibility index (Phi) is 14.4. The second kappa shape index (κ2) is 17.2. The van der Waals surface area contributed by atoms with E-state index < -0.39 is 21.8 Å². The van der Waals surface area contributed by atoms with Gasteiger partial charge in [-0.05, 0) is 38.2 Å². The van der Waals surface area contributed by atoms with Gasteiger partial charge in [0.15, 0.2) is 11.5 Å². The summed E-state index contributed by atoms with van der Waals surface area (Å²) >= 11 is 16.7. The van der Waals surface area contributed by atoms with Crippen LogP contribution in [-0.4, -0.2) is 78.8 Å². The average Bonchev–Trinajstić information content (AvgIpc) is 3.39. The third-order valence-corrected chi connectivity index (χ3v) is 6.23. The summed E-state index contributed by atoms with van der Waals surface area (Å²) in [4.78, 5) is 50.6. The van der Waals surface area contributed by atoms with Crippen LogP contribution in [0.2, 0.25) is 0 Å². The van der Waals surface area contributed by atoms with Crippen molar-refractivity contribution in [2.24, 2.45) is 0 Å². The molecule has 0 aliphatic carbocycles. The van der Waals surface area contributed by atoms with E-state index in [-0.39, 0.29) is 61.8 Å². The number of carbonyl (C=O) groups excluding carboxylic acids is 4. The zero-order chi connectivity index (χ0) is 30.4. The highest BCUT2D eigenvalue weighted by Gasteiger charge is 2.32. The largest absolute Gasteiger partial charge is 0.493 e. The van der Waals surface area contributed by atoms with Gasteiger partial charge in [-0.15, -0.1) is 0 Å². The van der Waals surface area contributed by atoms with Crippen molar-refractivity contribution in [3.63, 3.8) is 0 Å². The minimum Gasteiger partial charge on any atom is -0.493 e. The molecule has 14 heteroatoms. The van der Waals surface area contributed by atoms with E-state index in [1.807, 2.05) is 0 Å². The van der Waals surface area contributed by atoms with Crippen molar-refractivity contribution in [1.29, 1.82) is 0 Å². The molecule has 1 fully saturated rings. The molecule has 2 amide bonds. The monoisotopic (exact) mass is 636 g/mol. The average molecular weight is 638 g/mol. The quantitative estimate of drug-likeness (QED) is 0.0877. The van der Waals surface area contributed by atoms with Gasteiger partial charge in [0, 0.05) is 26.0 Å². The summed E-state index contributed by atoms with van der Waals surface area (Å²) in [6.45, 7) is 5.29. The van der Waals surface area contributed by atoms with E-state index in [9.17, 15) is 19.2 Å². The molecule has 1 aliphatic rings. The number of hydrogen-bond donors (Lipinski definition) is 1. The van der Waals surface area contributed by atoms with Crippen LogP contribution < -0.4 is 14.8 Å². The number of benzene rings is 1. The molecule has 11 nitrogen and oxygen atoms in total. The molecule has 228 valence electrons. The summed E-state index contributed by atoms with van der Waals surface area (Å²) in [6.07, 6.45) is 4.00.